The van der Waals surface area contributed by atoms with Crippen LogP contribution in [0, 0.1) is 0 Å². The lowest BCUT2D eigenvalue weighted by Crippen LogP contribution is -2.30. The summed E-state index contributed by atoms with van der Waals surface area (Å²) in [5.74, 6) is -0.895. The quantitative estimate of drug-likeness (QED) is 0.0199. The van der Waals surface area contributed by atoms with Crippen molar-refractivity contribution in [3.63, 3.8) is 0 Å². The SMILES string of the molecule is CC/C=C/C=C/C=C/CCCCCCCC(=O)OCC(COC(=O)CCCCCCCCC/C=C/CCCCCCCC)OC(=O)CCCCCCCCCCCCCCCC. The van der Waals surface area contributed by atoms with Crippen LogP contribution in [0.3, 0.4) is 0 Å². The summed E-state index contributed by atoms with van der Waals surface area (Å²) in [5, 5.41) is 0. The molecule has 0 amide bonds. The number of hydrogen-bond donors (Lipinski definition) is 0. The Labute approximate surface area is 384 Å². The summed E-state index contributed by atoms with van der Waals surface area (Å²) in [4.78, 5) is 38.0. The van der Waals surface area contributed by atoms with E-state index in [4.69, 9.17) is 14.2 Å². The molecule has 0 radical (unpaired) electrons. The van der Waals surface area contributed by atoms with Crippen molar-refractivity contribution in [3.8, 4) is 0 Å². The van der Waals surface area contributed by atoms with E-state index in [1.165, 1.54) is 148 Å². The van der Waals surface area contributed by atoms with Crippen molar-refractivity contribution in [1.82, 2.24) is 0 Å². The second-order valence-corrected chi connectivity index (χ2v) is 17.8. The van der Waals surface area contributed by atoms with E-state index >= 15 is 0 Å². The molecule has 1 atom stereocenters. The summed E-state index contributed by atoms with van der Waals surface area (Å²) in [6.07, 6.45) is 60.9. The van der Waals surface area contributed by atoms with Crippen LogP contribution in [0.2, 0.25) is 0 Å². The fourth-order valence-electron chi connectivity index (χ4n) is 7.61. The van der Waals surface area contributed by atoms with Gasteiger partial charge < -0.3 is 14.2 Å². The lowest BCUT2D eigenvalue weighted by Gasteiger charge is -2.18. The van der Waals surface area contributed by atoms with Crippen molar-refractivity contribution >= 4 is 17.9 Å². The van der Waals surface area contributed by atoms with Gasteiger partial charge in [-0.3, -0.25) is 14.4 Å². The largest absolute Gasteiger partial charge is 0.462 e. The van der Waals surface area contributed by atoms with Gasteiger partial charge in [0.05, 0.1) is 0 Å². The Bertz CT molecular complexity index is 1090. The fraction of sp³-hybridized carbons (Fsp3) is 0.804. The fourth-order valence-corrected chi connectivity index (χ4v) is 7.61. The molecule has 1 unspecified atom stereocenters. The molecule has 0 saturated heterocycles. The number of rotatable bonds is 48. The van der Waals surface area contributed by atoms with Crippen molar-refractivity contribution in [2.24, 2.45) is 0 Å². The van der Waals surface area contributed by atoms with Crippen LogP contribution in [0.1, 0.15) is 271 Å². The highest BCUT2D eigenvalue weighted by atomic mass is 16.6. The molecule has 0 aliphatic rings. The second-order valence-electron chi connectivity index (χ2n) is 17.8. The molecule has 0 aromatic heterocycles. The maximum atomic E-state index is 12.8. The molecule has 0 spiro atoms. The molecule has 0 aliphatic carbocycles. The van der Waals surface area contributed by atoms with E-state index in [0.717, 1.165) is 83.5 Å². The number of unbranched alkanes of at least 4 members (excludes halogenated alkanes) is 31. The van der Waals surface area contributed by atoms with Gasteiger partial charge in [-0.2, -0.15) is 0 Å². The molecule has 6 nitrogen and oxygen atoms in total. The van der Waals surface area contributed by atoms with Crippen LogP contribution < -0.4 is 0 Å². The minimum Gasteiger partial charge on any atom is -0.462 e. The first-order valence-corrected chi connectivity index (χ1v) is 26.7. The summed E-state index contributed by atoms with van der Waals surface area (Å²) >= 11 is 0. The highest BCUT2D eigenvalue weighted by Gasteiger charge is 2.19. The molecule has 0 saturated carbocycles. The number of hydrogen-bond acceptors (Lipinski definition) is 6. The third-order valence-corrected chi connectivity index (χ3v) is 11.6. The highest BCUT2D eigenvalue weighted by molar-refractivity contribution is 5.71. The lowest BCUT2D eigenvalue weighted by molar-refractivity contribution is -0.167. The maximum Gasteiger partial charge on any atom is 0.306 e. The van der Waals surface area contributed by atoms with E-state index in [1.807, 2.05) is 0 Å². The van der Waals surface area contributed by atoms with Crippen molar-refractivity contribution in [2.75, 3.05) is 13.2 Å². The zero-order valence-electron chi connectivity index (χ0n) is 41.1. The van der Waals surface area contributed by atoms with Gasteiger partial charge in [0.25, 0.3) is 0 Å². The molecule has 0 bridgehead atoms. The third kappa shape index (κ3) is 48.4. The molecule has 62 heavy (non-hydrogen) atoms. The number of ether oxygens (including phenoxy) is 3. The van der Waals surface area contributed by atoms with Crippen LogP contribution >= 0.6 is 0 Å². The second kappa shape index (κ2) is 51.0. The van der Waals surface area contributed by atoms with Gasteiger partial charge in [0.1, 0.15) is 13.2 Å². The van der Waals surface area contributed by atoms with Crippen molar-refractivity contribution in [3.05, 3.63) is 48.6 Å². The van der Waals surface area contributed by atoms with Crippen molar-refractivity contribution < 1.29 is 28.6 Å². The summed E-state index contributed by atoms with van der Waals surface area (Å²) in [7, 11) is 0. The van der Waals surface area contributed by atoms with Crippen LogP contribution in [0.5, 0.6) is 0 Å². The average molecular weight is 869 g/mol. The van der Waals surface area contributed by atoms with Crippen LogP contribution in [0.15, 0.2) is 48.6 Å². The van der Waals surface area contributed by atoms with Gasteiger partial charge in [-0.1, -0.05) is 236 Å². The van der Waals surface area contributed by atoms with Gasteiger partial charge in [-0.15, -0.1) is 0 Å². The van der Waals surface area contributed by atoms with Gasteiger partial charge >= 0.3 is 17.9 Å². The summed E-state index contributed by atoms with van der Waals surface area (Å²) in [6, 6.07) is 0. The van der Waals surface area contributed by atoms with Crippen LogP contribution in [0.4, 0.5) is 0 Å². The molecule has 6 heteroatoms. The Morgan fingerprint density at radius 2 is 0.645 bits per heavy atom. The van der Waals surface area contributed by atoms with E-state index in [1.54, 1.807) is 0 Å². The summed E-state index contributed by atoms with van der Waals surface area (Å²) in [5.41, 5.74) is 0. The first-order chi connectivity index (χ1) is 30.5. The lowest BCUT2D eigenvalue weighted by atomic mass is 10.0. The van der Waals surface area contributed by atoms with E-state index in [-0.39, 0.29) is 31.1 Å². The van der Waals surface area contributed by atoms with Gasteiger partial charge in [0.15, 0.2) is 6.10 Å². The molecule has 0 heterocycles. The van der Waals surface area contributed by atoms with Gasteiger partial charge in [-0.25, -0.2) is 0 Å². The Morgan fingerprint density at radius 1 is 0.339 bits per heavy atom. The van der Waals surface area contributed by atoms with E-state index < -0.39 is 6.10 Å². The molecule has 0 aromatic rings. The van der Waals surface area contributed by atoms with Crippen LogP contribution in [0.25, 0.3) is 0 Å². The zero-order valence-corrected chi connectivity index (χ0v) is 41.1. The average Bonchev–Trinajstić information content (AvgIpc) is 3.27. The number of allylic oxidation sites excluding steroid dienone is 8. The topological polar surface area (TPSA) is 78.9 Å². The molecular formula is C56H100O6. The molecule has 0 aromatic carbocycles. The first-order valence-electron chi connectivity index (χ1n) is 26.7. The minimum absolute atomic E-state index is 0.0797. The molecular weight excluding hydrogens is 769 g/mol. The normalized spacial score (nSPS) is 12.4. The summed E-state index contributed by atoms with van der Waals surface area (Å²) in [6.45, 7) is 6.50. The Hall–Kier alpha value is -2.63. The smallest absolute Gasteiger partial charge is 0.306 e. The zero-order chi connectivity index (χ0) is 45.1. The molecule has 360 valence electrons. The van der Waals surface area contributed by atoms with Crippen molar-refractivity contribution in [1.29, 1.82) is 0 Å². The van der Waals surface area contributed by atoms with Crippen LogP contribution in [-0.4, -0.2) is 37.2 Å². The molecule has 0 fully saturated rings. The van der Waals surface area contributed by atoms with Gasteiger partial charge in [-0.05, 0) is 64.2 Å². The standard InChI is InChI=1S/C56H100O6/c1-4-7-10-13-16-19-22-25-27-28-29-32-34-37-40-43-46-49-55(58)61-52-53(51-60-54(57)48-45-42-39-36-33-30-24-21-18-15-12-9-6-3)62-56(59)50-47-44-41-38-35-31-26-23-20-17-14-11-8-5-2/h9,12,15,18,21,24-25,27,53H,4-8,10-11,13-14,16-17,19-20,22-23,26,28-52H2,1-3H3/b12-9+,18-15+,24-21+,27-25+. The first kappa shape index (κ1) is 59.4. The number of esters is 3. The monoisotopic (exact) mass is 869 g/mol. The molecule has 0 N–H and O–H groups in total. The predicted molar refractivity (Wildman–Crippen MR) is 265 cm³/mol. The third-order valence-electron chi connectivity index (χ3n) is 11.6. The number of carbonyl (C=O) groups is 3. The Morgan fingerprint density at radius 3 is 1.02 bits per heavy atom. The van der Waals surface area contributed by atoms with E-state index in [2.05, 4.69) is 69.4 Å². The molecule has 0 aliphatic heterocycles. The van der Waals surface area contributed by atoms with E-state index in [9.17, 15) is 14.4 Å². The Kier molecular flexibility index (Phi) is 48.8. The van der Waals surface area contributed by atoms with E-state index in [0.29, 0.717) is 19.3 Å². The maximum absolute atomic E-state index is 12.8. The highest BCUT2D eigenvalue weighted by Crippen LogP contribution is 2.16. The van der Waals surface area contributed by atoms with Gasteiger partial charge in [0.2, 0.25) is 0 Å². The Balaban J connectivity index is 4.37. The van der Waals surface area contributed by atoms with Crippen molar-refractivity contribution in [2.45, 2.75) is 277 Å². The number of carbonyl (C=O) groups excluding carboxylic acids is 3. The van der Waals surface area contributed by atoms with Crippen LogP contribution in [-0.2, 0) is 28.6 Å². The molecule has 0 rings (SSSR count). The predicted octanol–water partition coefficient (Wildman–Crippen LogP) is 17.5. The van der Waals surface area contributed by atoms with Gasteiger partial charge in [0, 0.05) is 19.3 Å². The summed E-state index contributed by atoms with van der Waals surface area (Å²) < 4.78 is 16.8. The minimum atomic E-state index is -0.780.